The number of aromatic nitrogens is 2. The van der Waals surface area contributed by atoms with Gasteiger partial charge in [0.2, 0.25) is 0 Å². The molecule has 4 rings (SSSR count). The van der Waals surface area contributed by atoms with Gasteiger partial charge in [-0.1, -0.05) is 36.0 Å². The largest absolute Gasteiger partial charge is 0.384 e. The van der Waals surface area contributed by atoms with E-state index in [9.17, 15) is 0 Å². The predicted octanol–water partition coefficient (Wildman–Crippen LogP) is 4.10. The standard InChI is InChI=1S/C20H25N3OS.ClH/c1-24-10-11-25-20-22-18-9-5-4-8-17(18)19(23-20)21-16-12-14-6-2-3-7-15(14)13-16;/h2-3,6-7,16H,4-5,8-13H2,1H3,(H,21,22,23);1H. The van der Waals surface area contributed by atoms with E-state index in [0.717, 1.165) is 49.0 Å². The van der Waals surface area contributed by atoms with Crippen LogP contribution in [0, 0.1) is 0 Å². The van der Waals surface area contributed by atoms with Crippen LogP contribution in [-0.4, -0.2) is 35.5 Å². The zero-order valence-electron chi connectivity index (χ0n) is 15.2. The van der Waals surface area contributed by atoms with Gasteiger partial charge in [0.15, 0.2) is 5.16 Å². The quantitative estimate of drug-likeness (QED) is 0.456. The zero-order chi connectivity index (χ0) is 17.1. The molecule has 0 aliphatic heterocycles. The van der Waals surface area contributed by atoms with Crippen molar-refractivity contribution in [1.82, 2.24) is 9.97 Å². The lowest BCUT2D eigenvalue weighted by Crippen LogP contribution is -2.23. The van der Waals surface area contributed by atoms with Crippen molar-refractivity contribution in [3.63, 3.8) is 0 Å². The molecule has 1 heterocycles. The molecule has 0 radical (unpaired) electrons. The smallest absolute Gasteiger partial charge is 0.189 e. The average Bonchev–Trinajstić information content (AvgIpc) is 3.04. The minimum atomic E-state index is 0. The summed E-state index contributed by atoms with van der Waals surface area (Å²) in [5, 5.41) is 4.64. The molecule has 2 aliphatic rings. The van der Waals surface area contributed by atoms with E-state index in [0.29, 0.717) is 6.04 Å². The monoisotopic (exact) mass is 391 g/mol. The highest BCUT2D eigenvalue weighted by Crippen LogP contribution is 2.31. The Hall–Kier alpha value is -1.30. The van der Waals surface area contributed by atoms with Crippen LogP contribution in [0.1, 0.15) is 35.2 Å². The molecule has 4 nitrogen and oxygen atoms in total. The van der Waals surface area contributed by atoms with Crippen LogP contribution in [0.5, 0.6) is 0 Å². The Morgan fingerprint density at radius 1 is 1.12 bits per heavy atom. The van der Waals surface area contributed by atoms with Crippen molar-refractivity contribution in [2.45, 2.75) is 49.7 Å². The molecule has 0 amide bonds. The molecule has 0 bridgehead atoms. The highest BCUT2D eigenvalue weighted by molar-refractivity contribution is 7.99. The fraction of sp³-hybridized carbons (Fsp3) is 0.500. The third-order valence-electron chi connectivity index (χ3n) is 5.07. The third kappa shape index (κ3) is 4.33. The number of fused-ring (bicyclic) bond motifs is 2. The second-order valence-corrected chi connectivity index (χ2v) is 7.91. The van der Waals surface area contributed by atoms with Crippen LogP contribution in [0.2, 0.25) is 0 Å². The van der Waals surface area contributed by atoms with Crippen LogP contribution in [0.15, 0.2) is 29.4 Å². The maximum Gasteiger partial charge on any atom is 0.189 e. The Labute approximate surface area is 166 Å². The van der Waals surface area contributed by atoms with E-state index in [-0.39, 0.29) is 12.4 Å². The second-order valence-electron chi connectivity index (χ2n) is 6.85. The average molecular weight is 392 g/mol. The van der Waals surface area contributed by atoms with Crippen LogP contribution in [0.25, 0.3) is 0 Å². The van der Waals surface area contributed by atoms with E-state index in [1.165, 1.54) is 35.2 Å². The SMILES string of the molecule is COCCSc1nc2c(c(NC3Cc4ccccc4C3)n1)CCCC2.Cl. The first-order valence-electron chi connectivity index (χ1n) is 9.18. The van der Waals surface area contributed by atoms with Crippen molar-refractivity contribution in [3.8, 4) is 0 Å². The highest BCUT2D eigenvalue weighted by Gasteiger charge is 2.24. The molecule has 2 aromatic rings. The van der Waals surface area contributed by atoms with E-state index in [1.807, 2.05) is 0 Å². The van der Waals surface area contributed by atoms with E-state index < -0.39 is 0 Å². The van der Waals surface area contributed by atoms with Gasteiger partial charge in [-0.2, -0.15) is 0 Å². The number of hydrogen-bond donors (Lipinski definition) is 1. The van der Waals surface area contributed by atoms with Gasteiger partial charge >= 0.3 is 0 Å². The summed E-state index contributed by atoms with van der Waals surface area (Å²) in [7, 11) is 1.74. The van der Waals surface area contributed by atoms with Gasteiger partial charge in [0, 0.05) is 24.5 Å². The first-order valence-corrected chi connectivity index (χ1v) is 10.2. The number of rotatable bonds is 6. The van der Waals surface area contributed by atoms with Gasteiger partial charge in [0.25, 0.3) is 0 Å². The molecule has 1 aromatic heterocycles. The fourth-order valence-corrected chi connectivity index (χ4v) is 4.59. The summed E-state index contributed by atoms with van der Waals surface area (Å²) in [6.07, 6.45) is 6.82. The summed E-state index contributed by atoms with van der Waals surface area (Å²) in [6.45, 7) is 0.728. The summed E-state index contributed by atoms with van der Waals surface area (Å²) in [6, 6.07) is 9.21. The first kappa shape index (κ1) is 19.5. The Kier molecular flexibility index (Phi) is 6.79. The van der Waals surface area contributed by atoms with Gasteiger partial charge in [0.1, 0.15) is 5.82 Å². The van der Waals surface area contributed by atoms with Crippen molar-refractivity contribution in [2.75, 3.05) is 24.8 Å². The lowest BCUT2D eigenvalue weighted by Gasteiger charge is -2.22. The number of nitrogens with one attached hydrogen (secondary N) is 1. The zero-order valence-corrected chi connectivity index (χ0v) is 16.8. The Morgan fingerprint density at radius 2 is 1.85 bits per heavy atom. The maximum absolute atomic E-state index is 5.16. The number of thioether (sulfide) groups is 1. The molecule has 6 heteroatoms. The van der Waals surface area contributed by atoms with Crippen LogP contribution < -0.4 is 5.32 Å². The fourth-order valence-electron chi connectivity index (χ4n) is 3.83. The maximum atomic E-state index is 5.16. The van der Waals surface area contributed by atoms with Crippen molar-refractivity contribution < 1.29 is 4.74 Å². The van der Waals surface area contributed by atoms with Gasteiger partial charge < -0.3 is 10.1 Å². The summed E-state index contributed by atoms with van der Waals surface area (Å²) in [4.78, 5) is 9.69. The second kappa shape index (κ2) is 9.07. The lowest BCUT2D eigenvalue weighted by molar-refractivity contribution is 0.218. The van der Waals surface area contributed by atoms with E-state index >= 15 is 0 Å². The van der Waals surface area contributed by atoms with Crippen LogP contribution in [0.4, 0.5) is 5.82 Å². The van der Waals surface area contributed by atoms with Crippen molar-refractivity contribution in [1.29, 1.82) is 0 Å². The van der Waals surface area contributed by atoms with Gasteiger partial charge in [-0.05, 0) is 49.7 Å². The molecule has 1 aromatic carbocycles. The number of ether oxygens (including phenoxy) is 1. The molecule has 26 heavy (non-hydrogen) atoms. The van der Waals surface area contributed by atoms with Crippen molar-refractivity contribution in [2.24, 2.45) is 0 Å². The molecule has 0 saturated carbocycles. The molecule has 0 atom stereocenters. The van der Waals surface area contributed by atoms with E-state index in [2.05, 4.69) is 29.6 Å². The van der Waals surface area contributed by atoms with Crippen molar-refractivity contribution >= 4 is 30.0 Å². The first-order chi connectivity index (χ1) is 12.3. The number of methoxy groups -OCH3 is 1. The Bertz CT molecular complexity index is 731. The molecule has 0 saturated heterocycles. The minimum absolute atomic E-state index is 0. The number of nitrogens with zero attached hydrogens (tertiary/aromatic N) is 2. The molecule has 140 valence electrons. The molecular weight excluding hydrogens is 366 g/mol. The van der Waals surface area contributed by atoms with Gasteiger partial charge in [-0.3, -0.25) is 0 Å². The van der Waals surface area contributed by atoms with E-state index in [4.69, 9.17) is 14.7 Å². The highest BCUT2D eigenvalue weighted by atomic mass is 35.5. The van der Waals surface area contributed by atoms with Gasteiger partial charge in [-0.15, -0.1) is 12.4 Å². The number of benzene rings is 1. The van der Waals surface area contributed by atoms with E-state index in [1.54, 1.807) is 18.9 Å². The van der Waals surface area contributed by atoms with Crippen LogP contribution in [0.3, 0.4) is 0 Å². The van der Waals surface area contributed by atoms with Crippen LogP contribution in [-0.2, 0) is 30.4 Å². The normalized spacial score (nSPS) is 15.9. The Balaban J connectivity index is 0.00000196. The lowest BCUT2D eigenvalue weighted by atomic mass is 9.96. The minimum Gasteiger partial charge on any atom is -0.384 e. The number of aryl methyl sites for hydroxylation is 1. The summed E-state index contributed by atoms with van der Waals surface area (Å²) < 4.78 is 5.16. The molecule has 1 N–H and O–H groups in total. The number of hydrogen-bond acceptors (Lipinski definition) is 5. The molecule has 0 spiro atoms. The van der Waals surface area contributed by atoms with Crippen LogP contribution >= 0.6 is 24.2 Å². The molecular formula is C20H26ClN3OS. The molecule has 0 unspecified atom stereocenters. The third-order valence-corrected chi connectivity index (χ3v) is 5.88. The predicted molar refractivity (Wildman–Crippen MR) is 110 cm³/mol. The molecule has 0 fully saturated rings. The molecule has 2 aliphatic carbocycles. The topological polar surface area (TPSA) is 47.0 Å². The summed E-state index contributed by atoms with van der Waals surface area (Å²) in [5.74, 6) is 1.96. The van der Waals surface area contributed by atoms with Gasteiger partial charge in [-0.25, -0.2) is 9.97 Å². The van der Waals surface area contributed by atoms with Crippen molar-refractivity contribution in [3.05, 3.63) is 46.6 Å². The Morgan fingerprint density at radius 3 is 2.58 bits per heavy atom. The summed E-state index contributed by atoms with van der Waals surface area (Å²) in [5.41, 5.74) is 5.53. The number of halogens is 1. The van der Waals surface area contributed by atoms with Gasteiger partial charge in [0.05, 0.1) is 12.3 Å². The number of anilines is 1. The summed E-state index contributed by atoms with van der Waals surface area (Å²) >= 11 is 1.69.